The van der Waals surface area contributed by atoms with Gasteiger partial charge < -0.3 is 30.8 Å². The highest BCUT2D eigenvalue weighted by molar-refractivity contribution is 5.81. The Morgan fingerprint density at radius 1 is 1.14 bits per heavy atom. The molecule has 12 heteroatoms. The lowest BCUT2D eigenvalue weighted by Gasteiger charge is -2.47. The number of aromatic amines is 1. The molecule has 1 unspecified atom stereocenters. The third-order valence-corrected chi connectivity index (χ3v) is 9.02. The Morgan fingerprint density at radius 3 is 2.62 bits per heavy atom. The van der Waals surface area contributed by atoms with Gasteiger partial charge in [-0.3, -0.25) is 9.47 Å². The number of nitrogen functional groups attached to an aromatic ring is 1. The molecule has 6 N–H and O–H groups in total. The van der Waals surface area contributed by atoms with Crippen LogP contribution in [0.1, 0.15) is 65.1 Å². The number of imidazole rings is 2. The fraction of sp³-hybridized carbons (Fsp3) is 0.600. The van der Waals surface area contributed by atoms with E-state index in [4.69, 9.17) is 15.5 Å². The Hall–Kier alpha value is -3.16. The zero-order valence-corrected chi connectivity index (χ0v) is 24.8. The van der Waals surface area contributed by atoms with E-state index in [1.165, 1.54) is 18.2 Å². The predicted molar refractivity (Wildman–Crippen MR) is 159 cm³/mol. The van der Waals surface area contributed by atoms with E-state index in [1.54, 1.807) is 4.57 Å². The van der Waals surface area contributed by atoms with E-state index in [0.717, 1.165) is 29.7 Å². The van der Waals surface area contributed by atoms with Gasteiger partial charge >= 0.3 is 0 Å². The van der Waals surface area contributed by atoms with Crippen LogP contribution in [-0.2, 0) is 16.6 Å². The predicted octanol–water partition coefficient (Wildman–Crippen LogP) is 2.29. The number of anilines is 1. The second kappa shape index (κ2) is 10.8. The first-order valence-corrected chi connectivity index (χ1v) is 14.8. The summed E-state index contributed by atoms with van der Waals surface area (Å²) < 4.78 is 7.80. The molecular weight excluding hydrogens is 536 g/mol. The number of rotatable bonds is 8. The molecule has 0 radical (unpaired) electrons. The van der Waals surface area contributed by atoms with Crippen molar-refractivity contribution in [1.82, 2.24) is 34.4 Å². The highest BCUT2D eigenvalue weighted by atomic mass is 16.6. The first-order chi connectivity index (χ1) is 19.9. The summed E-state index contributed by atoms with van der Waals surface area (Å²) in [7, 11) is 0. The maximum atomic E-state index is 11.1. The van der Waals surface area contributed by atoms with E-state index in [1.807, 2.05) is 0 Å². The molecule has 6 rings (SSSR count). The minimum atomic E-state index is -1.16. The second-order valence-electron chi connectivity index (χ2n) is 13.2. The van der Waals surface area contributed by atoms with E-state index in [-0.39, 0.29) is 29.2 Å². The van der Waals surface area contributed by atoms with Crippen LogP contribution in [0.15, 0.2) is 30.9 Å². The average Bonchev–Trinajstić information content (AvgIpc) is 3.58. The first kappa shape index (κ1) is 28.9. The number of hydrogen-bond donors (Lipinski definition) is 5. The third-order valence-electron chi connectivity index (χ3n) is 9.02. The molecule has 1 aromatic carbocycles. The zero-order chi connectivity index (χ0) is 29.9. The van der Waals surface area contributed by atoms with E-state index in [2.05, 4.69) is 77.7 Å². The topological polar surface area (TPSA) is 171 Å². The Balaban J connectivity index is 1.08. The van der Waals surface area contributed by atoms with Gasteiger partial charge in [-0.15, -0.1) is 0 Å². The Morgan fingerprint density at radius 2 is 1.90 bits per heavy atom. The number of nitrogens with zero attached hydrogens (tertiary/aromatic N) is 6. The number of benzene rings is 1. The lowest BCUT2D eigenvalue weighted by Crippen LogP contribution is -2.54. The number of aliphatic hydroxyl groups excluding tert-OH is 3. The summed E-state index contributed by atoms with van der Waals surface area (Å²) in [5.74, 6) is 1.20. The van der Waals surface area contributed by atoms with E-state index in [0.29, 0.717) is 24.1 Å². The van der Waals surface area contributed by atoms with Crippen molar-refractivity contribution in [3.8, 4) is 0 Å². The monoisotopic (exact) mass is 578 g/mol. The normalized spacial score (nSPS) is 27.4. The minimum Gasteiger partial charge on any atom is -0.392 e. The summed E-state index contributed by atoms with van der Waals surface area (Å²) in [6.07, 6.45) is 0.796. The van der Waals surface area contributed by atoms with Crippen LogP contribution in [0, 0.1) is 5.92 Å². The van der Waals surface area contributed by atoms with Crippen LogP contribution in [0.2, 0.25) is 0 Å². The number of hydrogen-bond acceptors (Lipinski definition) is 10. The van der Waals surface area contributed by atoms with Crippen molar-refractivity contribution in [2.45, 2.75) is 102 Å². The van der Waals surface area contributed by atoms with Crippen molar-refractivity contribution in [1.29, 1.82) is 0 Å². The van der Waals surface area contributed by atoms with Crippen molar-refractivity contribution < 1.29 is 20.1 Å². The van der Waals surface area contributed by atoms with Crippen molar-refractivity contribution in [3.63, 3.8) is 0 Å². The molecule has 3 aromatic heterocycles. The molecule has 42 heavy (non-hydrogen) atoms. The Labute approximate surface area is 245 Å². The molecule has 4 aromatic rings. The summed E-state index contributed by atoms with van der Waals surface area (Å²) in [5, 5.41) is 32.9. The summed E-state index contributed by atoms with van der Waals surface area (Å²) in [4.78, 5) is 22.9. The molecule has 0 spiro atoms. The third kappa shape index (κ3) is 5.26. The van der Waals surface area contributed by atoms with Crippen LogP contribution >= 0.6 is 0 Å². The molecule has 1 aliphatic carbocycles. The van der Waals surface area contributed by atoms with Gasteiger partial charge in [0.05, 0.1) is 23.5 Å². The summed E-state index contributed by atoms with van der Waals surface area (Å²) >= 11 is 0. The number of H-pyrrole nitrogens is 1. The van der Waals surface area contributed by atoms with Crippen LogP contribution < -0.4 is 5.73 Å². The number of ether oxygens (including phenoxy) is 1. The lowest BCUT2D eigenvalue weighted by atomic mass is 9.74. The molecule has 0 bridgehead atoms. The van der Waals surface area contributed by atoms with Gasteiger partial charge in [0.15, 0.2) is 17.7 Å². The highest BCUT2D eigenvalue weighted by Crippen LogP contribution is 2.39. The number of nitrogens with one attached hydrogen (secondary N) is 1. The van der Waals surface area contributed by atoms with Gasteiger partial charge in [-0.2, -0.15) is 0 Å². The molecule has 2 aliphatic rings. The fourth-order valence-corrected chi connectivity index (χ4v) is 6.36. The first-order valence-electron chi connectivity index (χ1n) is 14.8. The zero-order valence-electron chi connectivity index (χ0n) is 24.8. The molecule has 1 aliphatic heterocycles. The second-order valence-corrected chi connectivity index (χ2v) is 13.2. The number of nitrogens with two attached hydrogens (primary N) is 1. The SMILES string of the molecule is CC(C)N(C[C@H]1O[C@@H](n2cnc3c(N)ncnc32)[C@H](O)[C@@H]1O)C1CC(C(O)Cc2nc3cc(C(C)(C)C)ccc3[nH]2)C1. The van der Waals surface area contributed by atoms with Crippen LogP contribution in [-0.4, -0.2) is 92.8 Å². The van der Waals surface area contributed by atoms with Gasteiger partial charge in [0, 0.05) is 25.0 Å². The maximum Gasteiger partial charge on any atom is 0.167 e. The highest BCUT2D eigenvalue weighted by Gasteiger charge is 2.47. The summed E-state index contributed by atoms with van der Waals surface area (Å²) in [5.41, 5.74) is 9.97. The number of fused-ring (bicyclic) bond motifs is 2. The summed E-state index contributed by atoms with van der Waals surface area (Å²) in [6.45, 7) is 11.2. The average molecular weight is 579 g/mol. The van der Waals surface area contributed by atoms with Gasteiger partial charge in [-0.1, -0.05) is 26.8 Å². The van der Waals surface area contributed by atoms with E-state index in [9.17, 15) is 15.3 Å². The van der Waals surface area contributed by atoms with Crippen LogP contribution in [0.5, 0.6) is 0 Å². The van der Waals surface area contributed by atoms with Crippen molar-refractivity contribution in [2.24, 2.45) is 5.92 Å². The van der Waals surface area contributed by atoms with Crippen molar-refractivity contribution in [2.75, 3.05) is 12.3 Å². The molecule has 1 saturated heterocycles. The van der Waals surface area contributed by atoms with Crippen LogP contribution in [0.3, 0.4) is 0 Å². The molecule has 5 atom stereocenters. The quantitative estimate of drug-likeness (QED) is 0.209. The molecule has 1 saturated carbocycles. The van der Waals surface area contributed by atoms with Crippen molar-refractivity contribution >= 4 is 28.0 Å². The lowest BCUT2D eigenvalue weighted by molar-refractivity contribution is -0.0713. The van der Waals surface area contributed by atoms with Crippen molar-refractivity contribution in [3.05, 3.63) is 42.2 Å². The Bertz CT molecular complexity index is 1560. The summed E-state index contributed by atoms with van der Waals surface area (Å²) in [6, 6.07) is 6.75. The van der Waals surface area contributed by atoms with Gasteiger partial charge in [0.25, 0.3) is 0 Å². The van der Waals surface area contributed by atoms with Gasteiger partial charge in [0.2, 0.25) is 0 Å². The number of aromatic nitrogens is 6. The van der Waals surface area contributed by atoms with Crippen LogP contribution in [0.4, 0.5) is 5.82 Å². The molecule has 12 nitrogen and oxygen atoms in total. The molecule has 226 valence electrons. The van der Waals surface area contributed by atoms with Gasteiger partial charge in [0.1, 0.15) is 36.0 Å². The Kier molecular flexibility index (Phi) is 7.47. The van der Waals surface area contributed by atoms with Gasteiger partial charge in [-0.05, 0) is 55.7 Å². The van der Waals surface area contributed by atoms with Gasteiger partial charge in [-0.25, -0.2) is 19.9 Å². The largest absolute Gasteiger partial charge is 0.392 e. The standard InChI is InChI=1S/C30H42N8O4/c1-15(2)37(12-22-25(40)26(41)29(42-22)38-14-34-24-27(31)32-13-33-28(24)38)18-8-16(9-18)21(39)11-23-35-19-7-6-17(30(3,4)5)10-20(19)36-23/h6-7,10,13-16,18,21-22,25-26,29,39-41H,8-9,11-12H2,1-5H3,(H,35,36)(H2,31,32,33)/t16?,18?,21?,22-,25-,26-,29-/m1/s1. The van der Waals surface area contributed by atoms with E-state index >= 15 is 0 Å². The van der Waals surface area contributed by atoms with E-state index < -0.39 is 30.6 Å². The maximum absolute atomic E-state index is 11.1. The van der Waals surface area contributed by atoms with Crippen LogP contribution in [0.25, 0.3) is 22.2 Å². The molecule has 2 fully saturated rings. The molecule has 4 heterocycles. The smallest absolute Gasteiger partial charge is 0.167 e. The minimum absolute atomic E-state index is 0.0476. The molecule has 0 amide bonds. The molecular formula is C30H42N8O4. The fourth-order valence-electron chi connectivity index (χ4n) is 6.36. The number of aliphatic hydroxyl groups is 3.